The molecule has 0 radical (unpaired) electrons. The second kappa shape index (κ2) is 9.18. The number of fused-ring (bicyclic) bond motifs is 1. The Kier molecular flexibility index (Phi) is 6.46. The van der Waals surface area contributed by atoms with E-state index in [-0.39, 0.29) is 17.7 Å². The van der Waals surface area contributed by atoms with Crippen LogP contribution < -0.4 is 0 Å². The number of hydrogen-bond acceptors (Lipinski definition) is 7. The van der Waals surface area contributed by atoms with Crippen molar-refractivity contribution in [2.75, 3.05) is 57.3 Å². The van der Waals surface area contributed by atoms with E-state index in [1.165, 1.54) is 9.71 Å². The number of amides is 1. The zero-order chi connectivity index (χ0) is 22.3. The van der Waals surface area contributed by atoms with Gasteiger partial charge in [0.2, 0.25) is 5.91 Å². The smallest absolute Gasteiger partial charge is 0.236 e. The van der Waals surface area contributed by atoms with Gasteiger partial charge >= 0.3 is 0 Å². The van der Waals surface area contributed by atoms with Crippen molar-refractivity contribution >= 4 is 48.9 Å². The number of benzene rings is 1. The van der Waals surface area contributed by atoms with E-state index in [0.29, 0.717) is 31.3 Å². The number of carbonyl (C=O) groups is 1. The van der Waals surface area contributed by atoms with Crippen LogP contribution in [0.4, 0.5) is 0 Å². The van der Waals surface area contributed by atoms with E-state index >= 15 is 0 Å². The number of carbonyl (C=O) groups excluding carboxylic acids is 1. The maximum Gasteiger partial charge on any atom is 0.236 e. The van der Waals surface area contributed by atoms with E-state index in [1.807, 2.05) is 23.1 Å². The second-order valence-corrected chi connectivity index (χ2v) is 12.9. The molecule has 0 spiro atoms. The Bertz CT molecular complexity index is 1090. The first-order chi connectivity index (χ1) is 15.4. The molecule has 1 aromatic heterocycles. The van der Waals surface area contributed by atoms with Gasteiger partial charge in [0.05, 0.1) is 33.3 Å². The normalized spacial score (nSPS) is 25.5. The highest BCUT2D eigenvalue weighted by atomic mass is 35.5. The van der Waals surface area contributed by atoms with Crippen molar-refractivity contribution in [3.05, 3.63) is 28.2 Å². The van der Waals surface area contributed by atoms with Gasteiger partial charge in [0.25, 0.3) is 0 Å². The van der Waals surface area contributed by atoms with Gasteiger partial charge in [0, 0.05) is 43.2 Å². The van der Waals surface area contributed by atoms with Crippen LogP contribution in [0.1, 0.15) is 30.2 Å². The van der Waals surface area contributed by atoms with Crippen molar-refractivity contribution in [1.82, 2.24) is 19.7 Å². The molecule has 1 aromatic carbocycles. The minimum Gasteiger partial charge on any atom is -0.339 e. The summed E-state index contributed by atoms with van der Waals surface area (Å²) in [5, 5.41) is 1.90. The number of piperidine rings is 1. The molecule has 7 nitrogen and oxygen atoms in total. The lowest BCUT2D eigenvalue weighted by Gasteiger charge is -2.39. The standard InChI is InChI=1S/C22H29ClN4O3S2/c23-17-1-2-20-19(13-17)24-22(31-20)16-3-6-25(7-4-16)14-21(28)27-10-8-26(9-11-27)18-5-12-32(29,30)15-18/h1-2,13,16,18H,3-12,14-15H2. The third-order valence-corrected chi connectivity index (χ3v) is 10.2. The minimum atomic E-state index is -2.87. The van der Waals surface area contributed by atoms with E-state index in [1.54, 1.807) is 11.3 Å². The molecule has 0 saturated carbocycles. The van der Waals surface area contributed by atoms with Gasteiger partial charge in [0.15, 0.2) is 9.84 Å². The van der Waals surface area contributed by atoms with Crippen LogP contribution in [0, 0.1) is 0 Å². The molecule has 5 rings (SSSR count). The third-order valence-electron chi connectivity index (χ3n) is 7.05. The molecule has 0 bridgehead atoms. The van der Waals surface area contributed by atoms with Gasteiger partial charge in [-0.15, -0.1) is 11.3 Å². The summed E-state index contributed by atoms with van der Waals surface area (Å²) in [6.07, 6.45) is 2.77. The highest BCUT2D eigenvalue weighted by Gasteiger charge is 2.34. The number of sulfone groups is 1. The van der Waals surface area contributed by atoms with Crippen molar-refractivity contribution in [2.45, 2.75) is 31.2 Å². The van der Waals surface area contributed by atoms with Crippen LogP contribution in [0.5, 0.6) is 0 Å². The van der Waals surface area contributed by atoms with E-state index in [2.05, 4.69) is 9.80 Å². The topological polar surface area (TPSA) is 73.8 Å². The van der Waals surface area contributed by atoms with E-state index < -0.39 is 9.84 Å². The first-order valence-electron chi connectivity index (χ1n) is 11.4. The lowest BCUT2D eigenvalue weighted by molar-refractivity contribution is -0.134. The molecule has 2 aromatic rings. The Morgan fingerprint density at radius 1 is 1.09 bits per heavy atom. The summed E-state index contributed by atoms with van der Waals surface area (Å²) in [5.41, 5.74) is 0.976. The van der Waals surface area contributed by atoms with Crippen LogP contribution in [0.3, 0.4) is 0 Å². The number of halogens is 1. The number of hydrogen-bond donors (Lipinski definition) is 0. The van der Waals surface area contributed by atoms with E-state index in [0.717, 1.165) is 56.0 Å². The molecule has 32 heavy (non-hydrogen) atoms. The van der Waals surface area contributed by atoms with Crippen LogP contribution in [0.15, 0.2) is 18.2 Å². The van der Waals surface area contributed by atoms with Crippen LogP contribution >= 0.6 is 22.9 Å². The summed E-state index contributed by atoms with van der Waals surface area (Å²) < 4.78 is 24.7. The average molecular weight is 497 g/mol. The molecular weight excluding hydrogens is 468 g/mol. The van der Waals surface area contributed by atoms with Gasteiger partial charge < -0.3 is 4.90 Å². The highest BCUT2D eigenvalue weighted by Crippen LogP contribution is 2.34. The first-order valence-corrected chi connectivity index (χ1v) is 14.4. The van der Waals surface area contributed by atoms with E-state index in [4.69, 9.17) is 16.6 Å². The van der Waals surface area contributed by atoms with Gasteiger partial charge in [-0.25, -0.2) is 13.4 Å². The Morgan fingerprint density at radius 2 is 1.84 bits per heavy atom. The molecule has 0 aliphatic carbocycles. The molecule has 4 heterocycles. The Morgan fingerprint density at radius 3 is 2.53 bits per heavy atom. The fraction of sp³-hybridized carbons (Fsp3) is 0.636. The number of rotatable bonds is 4. The third kappa shape index (κ3) is 4.97. The summed E-state index contributed by atoms with van der Waals surface area (Å²) in [6.45, 7) is 5.23. The zero-order valence-corrected chi connectivity index (χ0v) is 20.5. The lowest BCUT2D eigenvalue weighted by atomic mass is 9.97. The number of nitrogens with zero attached hydrogens (tertiary/aromatic N) is 4. The second-order valence-electron chi connectivity index (χ2n) is 9.19. The molecule has 10 heteroatoms. The monoisotopic (exact) mass is 496 g/mol. The van der Waals surface area contributed by atoms with Crippen molar-refractivity contribution < 1.29 is 13.2 Å². The van der Waals surface area contributed by atoms with Gasteiger partial charge in [0.1, 0.15) is 0 Å². The quantitative estimate of drug-likeness (QED) is 0.647. The Balaban J connectivity index is 1.09. The van der Waals surface area contributed by atoms with Crippen LogP contribution in [-0.4, -0.2) is 97.4 Å². The summed E-state index contributed by atoms with van der Waals surface area (Å²) in [6, 6.07) is 6.01. The molecule has 3 aliphatic heterocycles. The first kappa shape index (κ1) is 22.5. The SMILES string of the molecule is O=C(CN1CCC(c2nc3cc(Cl)ccc3s2)CC1)N1CCN(C2CCS(=O)(=O)C2)CC1. The molecule has 3 saturated heterocycles. The van der Waals surface area contributed by atoms with Gasteiger partial charge in [-0.1, -0.05) is 11.6 Å². The zero-order valence-electron chi connectivity index (χ0n) is 18.1. The maximum atomic E-state index is 12.8. The lowest BCUT2D eigenvalue weighted by Crippen LogP contribution is -2.54. The summed E-state index contributed by atoms with van der Waals surface area (Å²) in [5.74, 6) is 1.22. The summed E-state index contributed by atoms with van der Waals surface area (Å²) in [7, 11) is -2.87. The Labute approximate surface area is 198 Å². The maximum absolute atomic E-state index is 12.8. The number of aromatic nitrogens is 1. The number of thiazole rings is 1. The largest absolute Gasteiger partial charge is 0.339 e. The highest BCUT2D eigenvalue weighted by molar-refractivity contribution is 7.91. The summed E-state index contributed by atoms with van der Waals surface area (Å²) in [4.78, 5) is 24.1. The molecule has 0 N–H and O–H groups in total. The molecular formula is C22H29ClN4O3S2. The molecule has 1 atom stereocenters. The summed E-state index contributed by atoms with van der Waals surface area (Å²) >= 11 is 7.85. The predicted octanol–water partition coefficient (Wildman–Crippen LogP) is 2.46. The Hall–Kier alpha value is -1.26. The number of piperazine rings is 1. The van der Waals surface area contributed by atoms with Gasteiger partial charge in [-0.05, 0) is 50.6 Å². The molecule has 3 aliphatic rings. The molecule has 1 amide bonds. The van der Waals surface area contributed by atoms with Gasteiger partial charge in [-0.3, -0.25) is 14.6 Å². The van der Waals surface area contributed by atoms with Crippen LogP contribution in [0.25, 0.3) is 10.2 Å². The van der Waals surface area contributed by atoms with Crippen molar-refractivity contribution in [2.24, 2.45) is 0 Å². The van der Waals surface area contributed by atoms with Crippen molar-refractivity contribution in [3.8, 4) is 0 Å². The number of likely N-dealkylation sites (tertiary alicyclic amines) is 1. The van der Waals surface area contributed by atoms with Crippen molar-refractivity contribution in [3.63, 3.8) is 0 Å². The average Bonchev–Trinajstić information content (AvgIpc) is 3.36. The van der Waals surface area contributed by atoms with Gasteiger partial charge in [-0.2, -0.15) is 0 Å². The molecule has 174 valence electrons. The van der Waals surface area contributed by atoms with Crippen LogP contribution in [-0.2, 0) is 14.6 Å². The fourth-order valence-electron chi connectivity index (χ4n) is 5.12. The fourth-order valence-corrected chi connectivity index (χ4v) is 8.17. The minimum absolute atomic E-state index is 0.134. The van der Waals surface area contributed by atoms with Crippen LogP contribution in [0.2, 0.25) is 5.02 Å². The van der Waals surface area contributed by atoms with Crippen molar-refractivity contribution in [1.29, 1.82) is 0 Å². The predicted molar refractivity (Wildman–Crippen MR) is 128 cm³/mol. The molecule has 1 unspecified atom stereocenters. The van der Waals surface area contributed by atoms with E-state index in [9.17, 15) is 13.2 Å². The molecule has 3 fully saturated rings.